The molecule has 0 unspecified atom stereocenters. The van der Waals surface area contributed by atoms with Gasteiger partial charge < -0.3 is 10.0 Å². The van der Waals surface area contributed by atoms with E-state index in [0.717, 1.165) is 48.1 Å². The molecule has 19 heavy (non-hydrogen) atoms. The first-order chi connectivity index (χ1) is 9.18. The predicted molar refractivity (Wildman–Crippen MR) is 74.9 cm³/mol. The Morgan fingerprint density at radius 2 is 2.05 bits per heavy atom. The van der Waals surface area contributed by atoms with Gasteiger partial charge in [-0.1, -0.05) is 18.2 Å². The fraction of sp³-hybridized carbons (Fsp3) is 0.333. The Balaban J connectivity index is 2.31. The number of rotatable bonds is 2. The molecule has 1 saturated heterocycles. The number of aryl methyl sites for hydroxylation is 1. The van der Waals surface area contributed by atoms with Gasteiger partial charge in [-0.25, -0.2) is 4.79 Å². The topological polar surface area (TPSA) is 53.4 Å². The van der Waals surface area contributed by atoms with Gasteiger partial charge in [-0.3, -0.25) is 4.98 Å². The van der Waals surface area contributed by atoms with Crippen LogP contribution in [-0.4, -0.2) is 29.1 Å². The molecule has 1 aliphatic heterocycles. The molecular weight excluding hydrogens is 240 g/mol. The van der Waals surface area contributed by atoms with Crippen molar-refractivity contribution in [2.45, 2.75) is 19.8 Å². The smallest absolute Gasteiger partial charge is 0.339 e. The Morgan fingerprint density at radius 1 is 1.32 bits per heavy atom. The Kier molecular flexibility index (Phi) is 2.85. The number of fused-ring (bicyclic) bond motifs is 1. The number of anilines is 1. The number of carbonyl (C=O) groups is 1. The van der Waals surface area contributed by atoms with Crippen LogP contribution in [0, 0.1) is 6.92 Å². The van der Waals surface area contributed by atoms with Crippen LogP contribution in [0.3, 0.4) is 0 Å². The van der Waals surface area contributed by atoms with E-state index in [1.54, 1.807) is 0 Å². The van der Waals surface area contributed by atoms with Crippen molar-refractivity contribution in [2.75, 3.05) is 18.0 Å². The molecular formula is C15H16N2O2. The van der Waals surface area contributed by atoms with Crippen LogP contribution in [-0.2, 0) is 0 Å². The molecule has 2 heterocycles. The summed E-state index contributed by atoms with van der Waals surface area (Å²) in [5.74, 6) is -0.905. The van der Waals surface area contributed by atoms with Crippen LogP contribution < -0.4 is 4.90 Å². The van der Waals surface area contributed by atoms with Gasteiger partial charge in [-0.2, -0.15) is 0 Å². The number of aromatic nitrogens is 1. The number of carboxylic acids is 1. The third-order valence-electron chi connectivity index (χ3n) is 3.72. The lowest BCUT2D eigenvalue weighted by atomic mass is 10.1. The number of para-hydroxylation sites is 1. The summed E-state index contributed by atoms with van der Waals surface area (Å²) in [5, 5.41) is 10.3. The molecule has 4 heteroatoms. The van der Waals surface area contributed by atoms with E-state index in [9.17, 15) is 9.90 Å². The molecule has 2 aromatic rings. The maximum atomic E-state index is 11.4. The summed E-state index contributed by atoms with van der Waals surface area (Å²) in [6.07, 6.45) is 3.73. The summed E-state index contributed by atoms with van der Waals surface area (Å²) in [7, 11) is 0. The molecule has 0 aliphatic carbocycles. The Hall–Kier alpha value is -2.10. The van der Waals surface area contributed by atoms with Crippen LogP contribution in [0.2, 0.25) is 0 Å². The van der Waals surface area contributed by atoms with Crippen molar-refractivity contribution < 1.29 is 9.90 Å². The fourth-order valence-electron chi connectivity index (χ4n) is 2.79. The van der Waals surface area contributed by atoms with E-state index in [2.05, 4.69) is 9.88 Å². The molecule has 1 aliphatic rings. The molecule has 1 aromatic heterocycles. The Labute approximate surface area is 111 Å². The number of nitrogens with zero attached hydrogens (tertiary/aromatic N) is 2. The van der Waals surface area contributed by atoms with Crippen molar-refractivity contribution in [3.63, 3.8) is 0 Å². The lowest BCUT2D eigenvalue weighted by Crippen LogP contribution is -2.21. The molecule has 4 nitrogen and oxygen atoms in total. The van der Waals surface area contributed by atoms with Crippen LogP contribution in [0.15, 0.2) is 24.4 Å². The number of hydrogen-bond donors (Lipinski definition) is 1. The molecule has 0 bridgehead atoms. The summed E-state index contributed by atoms with van der Waals surface area (Å²) in [4.78, 5) is 17.9. The summed E-state index contributed by atoms with van der Waals surface area (Å²) in [6.45, 7) is 3.85. The molecule has 0 atom stereocenters. The van der Waals surface area contributed by atoms with E-state index in [1.165, 1.54) is 6.20 Å². The quantitative estimate of drug-likeness (QED) is 0.897. The lowest BCUT2D eigenvalue weighted by Gasteiger charge is -2.22. The van der Waals surface area contributed by atoms with E-state index in [0.29, 0.717) is 5.56 Å². The van der Waals surface area contributed by atoms with Crippen molar-refractivity contribution in [2.24, 2.45) is 0 Å². The molecule has 1 fully saturated rings. The maximum absolute atomic E-state index is 11.4. The third-order valence-corrected chi connectivity index (χ3v) is 3.72. The normalized spacial score (nSPS) is 15.1. The number of carboxylic acid groups (broad SMARTS) is 1. The summed E-state index contributed by atoms with van der Waals surface area (Å²) >= 11 is 0. The first-order valence-corrected chi connectivity index (χ1v) is 6.55. The van der Waals surface area contributed by atoms with Gasteiger partial charge in [0.15, 0.2) is 0 Å². The second-order valence-electron chi connectivity index (χ2n) is 4.99. The van der Waals surface area contributed by atoms with E-state index < -0.39 is 5.97 Å². The van der Waals surface area contributed by atoms with Crippen molar-refractivity contribution in [1.82, 2.24) is 4.98 Å². The largest absolute Gasteiger partial charge is 0.478 e. The van der Waals surface area contributed by atoms with Crippen molar-refractivity contribution in [3.8, 4) is 0 Å². The van der Waals surface area contributed by atoms with Gasteiger partial charge >= 0.3 is 5.97 Å². The summed E-state index contributed by atoms with van der Waals surface area (Å²) < 4.78 is 0. The van der Waals surface area contributed by atoms with Crippen LogP contribution in [0.1, 0.15) is 28.8 Å². The Bertz CT molecular complexity index is 646. The number of benzene rings is 1. The van der Waals surface area contributed by atoms with Gasteiger partial charge in [-0.15, -0.1) is 0 Å². The molecule has 0 radical (unpaired) electrons. The zero-order valence-electron chi connectivity index (χ0n) is 10.9. The molecule has 1 N–H and O–H groups in total. The van der Waals surface area contributed by atoms with Gasteiger partial charge in [-0.05, 0) is 25.3 Å². The summed E-state index contributed by atoms with van der Waals surface area (Å²) in [6, 6.07) is 5.93. The van der Waals surface area contributed by atoms with Crippen molar-refractivity contribution in [3.05, 3.63) is 35.5 Å². The van der Waals surface area contributed by atoms with Crippen LogP contribution in [0.5, 0.6) is 0 Å². The van der Waals surface area contributed by atoms with Crippen LogP contribution >= 0.6 is 0 Å². The molecule has 0 spiro atoms. The second-order valence-corrected chi connectivity index (χ2v) is 4.99. The molecule has 1 aromatic carbocycles. The SMILES string of the molecule is Cc1cccc2c(N3CCCC3)c(C(=O)O)cnc12. The molecule has 0 amide bonds. The lowest BCUT2D eigenvalue weighted by molar-refractivity contribution is 0.0697. The average molecular weight is 256 g/mol. The van der Waals surface area contributed by atoms with Gasteiger partial charge in [0, 0.05) is 24.7 Å². The third kappa shape index (κ3) is 1.93. The standard InChI is InChI=1S/C15H16N2O2/c1-10-5-4-6-11-13(10)16-9-12(15(18)19)14(11)17-7-2-3-8-17/h4-6,9H,2-3,7-8H2,1H3,(H,18,19). The number of pyridine rings is 1. The fourth-order valence-corrected chi connectivity index (χ4v) is 2.79. The van der Waals surface area contributed by atoms with E-state index >= 15 is 0 Å². The van der Waals surface area contributed by atoms with Gasteiger partial charge in [0.2, 0.25) is 0 Å². The molecule has 3 rings (SSSR count). The van der Waals surface area contributed by atoms with E-state index in [4.69, 9.17) is 0 Å². The molecule has 98 valence electrons. The minimum atomic E-state index is -0.905. The number of hydrogen-bond acceptors (Lipinski definition) is 3. The second kappa shape index (κ2) is 4.53. The molecule has 0 saturated carbocycles. The predicted octanol–water partition coefficient (Wildman–Crippen LogP) is 2.84. The van der Waals surface area contributed by atoms with Crippen LogP contribution in [0.25, 0.3) is 10.9 Å². The van der Waals surface area contributed by atoms with Crippen molar-refractivity contribution in [1.29, 1.82) is 0 Å². The van der Waals surface area contributed by atoms with E-state index in [-0.39, 0.29) is 0 Å². The van der Waals surface area contributed by atoms with Gasteiger partial charge in [0.1, 0.15) is 5.56 Å². The minimum absolute atomic E-state index is 0.306. The highest BCUT2D eigenvalue weighted by Crippen LogP contribution is 2.33. The zero-order valence-corrected chi connectivity index (χ0v) is 10.9. The van der Waals surface area contributed by atoms with Gasteiger partial charge in [0.25, 0.3) is 0 Å². The highest BCUT2D eigenvalue weighted by Gasteiger charge is 2.22. The van der Waals surface area contributed by atoms with Gasteiger partial charge in [0.05, 0.1) is 11.2 Å². The highest BCUT2D eigenvalue weighted by molar-refractivity contribution is 6.05. The van der Waals surface area contributed by atoms with E-state index in [1.807, 2.05) is 25.1 Å². The highest BCUT2D eigenvalue weighted by atomic mass is 16.4. The summed E-state index contributed by atoms with van der Waals surface area (Å²) in [5.41, 5.74) is 3.11. The van der Waals surface area contributed by atoms with Crippen molar-refractivity contribution >= 4 is 22.6 Å². The first-order valence-electron chi connectivity index (χ1n) is 6.55. The Morgan fingerprint density at radius 3 is 2.74 bits per heavy atom. The zero-order chi connectivity index (χ0) is 13.4. The monoisotopic (exact) mass is 256 g/mol. The van der Waals surface area contributed by atoms with Crippen LogP contribution in [0.4, 0.5) is 5.69 Å². The average Bonchev–Trinajstić information content (AvgIpc) is 2.91. The maximum Gasteiger partial charge on any atom is 0.339 e. The first kappa shape index (κ1) is 12.0. The minimum Gasteiger partial charge on any atom is -0.478 e. The number of aromatic carboxylic acids is 1.